The van der Waals surface area contributed by atoms with E-state index in [9.17, 15) is 16.8 Å². The van der Waals surface area contributed by atoms with Crippen molar-refractivity contribution < 1.29 is 16.8 Å². The van der Waals surface area contributed by atoms with Gasteiger partial charge in [0.2, 0.25) is 10.0 Å². The number of nitrogens with one attached hydrogen (secondary N) is 1. The Bertz CT molecular complexity index is 1230. The van der Waals surface area contributed by atoms with Gasteiger partial charge in [0.15, 0.2) is 5.13 Å². The molecule has 1 aliphatic heterocycles. The Morgan fingerprint density at radius 3 is 2.31 bits per heavy atom. The number of likely N-dealkylation sites (N-methyl/N-ethyl adjacent to an activating group) is 1. The first kappa shape index (κ1) is 20.2. The van der Waals surface area contributed by atoms with E-state index in [1.54, 1.807) is 30.3 Å². The van der Waals surface area contributed by atoms with Gasteiger partial charge in [-0.1, -0.05) is 29.5 Å². The van der Waals surface area contributed by atoms with Gasteiger partial charge in [-0.05, 0) is 37.4 Å². The highest BCUT2D eigenvalue weighted by Crippen LogP contribution is 2.30. The fourth-order valence-corrected chi connectivity index (χ4v) is 6.74. The number of hydrogen-bond donors (Lipinski definition) is 1. The van der Waals surface area contributed by atoms with Crippen LogP contribution in [0.25, 0.3) is 10.2 Å². The second-order valence-corrected chi connectivity index (χ2v) is 11.4. The minimum Gasteiger partial charge on any atom is -0.304 e. The van der Waals surface area contributed by atoms with E-state index in [1.807, 2.05) is 7.05 Å². The van der Waals surface area contributed by atoms with Crippen LogP contribution in [-0.4, -0.2) is 64.3 Å². The lowest BCUT2D eigenvalue weighted by atomic mass is 10.3. The lowest BCUT2D eigenvalue weighted by molar-refractivity contribution is 0.222. The normalized spacial score (nSPS) is 16.9. The van der Waals surface area contributed by atoms with Crippen LogP contribution < -0.4 is 4.72 Å². The third-order valence-electron chi connectivity index (χ3n) is 4.74. The number of nitrogens with zero attached hydrogens (tertiary/aromatic N) is 3. The zero-order chi connectivity index (χ0) is 20.6. The van der Waals surface area contributed by atoms with Crippen molar-refractivity contribution in [3.8, 4) is 0 Å². The Kier molecular flexibility index (Phi) is 5.34. The molecular formula is C18H20N4O4S3. The summed E-state index contributed by atoms with van der Waals surface area (Å²) in [6.07, 6.45) is 0. The minimum atomic E-state index is -3.76. The first-order valence-corrected chi connectivity index (χ1v) is 12.7. The first-order valence-electron chi connectivity index (χ1n) is 8.93. The molecule has 3 aromatic rings. The fourth-order valence-electron chi connectivity index (χ4n) is 3.06. The predicted molar refractivity (Wildman–Crippen MR) is 113 cm³/mol. The molecule has 1 N–H and O–H groups in total. The topological polar surface area (TPSA) is 99.7 Å². The Hall–Kier alpha value is -2.05. The molecule has 1 saturated heterocycles. The van der Waals surface area contributed by atoms with Crippen molar-refractivity contribution in [2.75, 3.05) is 37.9 Å². The lowest BCUT2D eigenvalue weighted by Crippen LogP contribution is -2.46. The average molecular weight is 453 g/mol. The van der Waals surface area contributed by atoms with Gasteiger partial charge in [-0.3, -0.25) is 4.72 Å². The SMILES string of the molecule is CN1CCN(S(=O)(=O)c2ccc3nc(NS(=O)(=O)c4ccccc4)sc3c2)CC1. The summed E-state index contributed by atoms with van der Waals surface area (Å²) in [6.45, 7) is 2.27. The molecule has 4 rings (SSSR count). The molecule has 29 heavy (non-hydrogen) atoms. The summed E-state index contributed by atoms with van der Waals surface area (Å²) in [5.74, 6) is 0. The molecule has 1 aliphatic rings. The molecule has 0 radical (unpaired) electrons. The fraction of sp³-hybridized carbons (Fsp3) is 0.278. The molecule has 1 aromatic heterocycles. The number of piperazine rings is 1. The maximum Gasteiger partial charge on any atom is 0.263 e. The maximum atomic E-state index is 12.9. The van der Waals surface area contributed by atoms with Gasteiger partial charge >= 0.3 is 0 Å². The van der Waals surface area contributed by atoms with Crippen molar-refractivity contribution >= 4 is 46.7 Å². The molecule has 0 spiro atoms. The van der Waals surface area contributed by atoms with Gasteiger partial charge in [0.05, 0.1) is 20.0 Å². The van der Waals surface area contributed by atoms with Crippen LogP contribution in [0.3, 0.4) is 0 Å². The maximum absolute atomic E-state index is 12.9. The highest BCUT2D eigenvalue weighted by atomic mass is 32.2. The smallest absolute Gasteiger partial charge is 0.263 e. The van der Waals surface area contributed by atoms with Crippen molar-refractivity contribution in [2.24, 2.45) is 0 Å². The number of sulfonamides is 2. The number of benzene rings is 2. The molecule has 0 unspecified atom stereocenters. The van der Waals surface area contributed by atoms with E-state index in [1.165, 1.54) is 22.5 Å². The van der Waals surface area contributed by atoms with Crippen LogP contribution in [-0.2, 0) is 20.0 Å². The van der Waals surface area contributed by atoms with Crippen molar-refractivity contribution in [3.63, 3.8) is 0 Å². The highest BCUT2D eigenvalue weighted by molar-refractivity contribution is 7.93. The van der Waals surface area contributed by atoms with Crippen LogP contribution in [0.2, 0.25) is 0 Å². The van der Waals surface area contributed by atoms with E-state index in [-0.39, 0.29) is 14.9 Å². The summed E-state index contributed by atoms with van der Waals surface area (Å²) in [5, 5.41) is 0.193. The third-order valence-corrected chi connectivity index (χ3v) is 9.05. The molecule has 0 saturated carbocycles. The first-order chi connectivity index (χ1) is 13.8. The van der Waals surface area contributed by atoms with E-state index in [0.29, 0.717) is 36.4 Å². The van der Waals surface area contributed by atoms with Crippen molar-refractivity contribution in [1.29, 1.82) is 0 Å². The van der Waals surface area contributed by atoms with E-state index < -0.39 is 20.0 Å². The van der Waals surface area contributed by atoms with Crippen LogP contribution in [0.15, 0.2) is 58.3 Å². The Morgan fingerprint density at radius 1 is 0.931 bits per heavy atom. The van der Waals surface area contributed by atoms with Gasteiger partial charge < -0.3 is 4.90 Å². The molecule has 0 amide bonds. The molecule has 0 aliphatic carbocycles. The van der Waals surface area contributed by atoms with Gasteiger partial charge in [-0.2, -0.15) is 4.31 Å². The number of anilines is 1. The van der Waals surface area contributed by atoms with Gasteiger partial charge in [0, 0.05) is 26.2 Å². The molecule has 0 bridgehead atoms. The number of rotatable bonds is 5. The van der Waals surface area contributed by atoms with Gasteiger partial charge in [0.25, 0.3) is 10.0 Å². The van der Waals surface area contributed by atoms with Crippen molar-refractivity contribution in [1.82, 2.24) is 14.2 Å². The molecule has 2 heterocycles. The zero-order valence-electron chi connectivity index (χ0n) is 15.6. The number of aromatic nitrogens is 1. The van der Waals surface area contributed by atoms with E-state index in [4.69, 9.17) is 0 Å². The number of fused-ring (bicyclic) bond motifs is 1. The second-order valence-electron chi connectivity index (χ2n) is 6.77. The monoisotopic (exact) mass is 452 g/mol. The summed E-state index contributed by atoms with van der Waals surface area (Å²) in [4.78, 5) is 6.70. The number of thiazole rings is 1. The zero-order valence-corrected chi connectivity index (χ0v) is 18.1. The molecule has 1 fully saturated rings. The van der Waals surface area contributed by atoms with Crippen LogP contribution in [0.4, 0.5) is 5.13 Å². The largest absolute Gasteiger partial charge is 0.304 e. The summed E-state index contributed by atoms with van der Waals surface area (Å²) in [6, 6.07) is 12.7. The molecule has 2 aromatic carbocycles. The molecule has 11 heteroatoms. The molecule has 0 atom stereocenters. The van der Waals surface area contributed by atoms with E-state index in [0.717, 1.165) is 11.3 Å². The summed E-state index contributed by atoms with van der Waals surface area (Å²) < 4.78 is 55.4. The predicted octanol–water partition coefficient (Wildman–Crippen LogP) is 2.03. The highest BCUT2D eigenvalue weighted by Gasteiger charge is 2.28. The van der Waals surface area contributed by atoms with Crippen LogP contribution in [0, 0.1) is 0 Å². The van der Waals surface area contributed by atoms with Crippen LogP contribution >= 0.6 is 11.3 Å². The minimum absolute atomic E-state index is 0.137. The lowest BCUT2D eigenvalue weighted by Gasteiger charge is -2.31. The summed E-state index contributed by atoms with van der Waals surface area (Å²) in [5.41, 5.74) is 0.540. The van der Waals surface area contributed by atoms with Crippen molar-refractivity contribution in [3.05, 3.63) is 48.5 Å². The van der Waals surface area contributed by atoms with Gasteiger partial charge in [0.1, 0.15) is 0 Å². The Labute approximate surface area is 173 Å². The van der Waals surface area contributed by atoms with Crippen molar-refractivity contribution in [2.45, 2.75) is 9.79 Å². The second kappa shape index (κ2) is 7.65. The molecule has 8 nitrogen and oxygen atoms in total. The average Bonchev–Trinajstić information content (AvgIpc) is 3.09. The van der Waals surface area contributed by atoms with Gasteiger partial charge in [-0.15, -0.1) is 0 Å². The summed E-state index contributed by atoms with van der Waals surface area (Å²) in [7, 11) is -5.39. The van der Waals surface area contributed by atoms with Gasteiger partial charge in [-0.25, -0.2) is 21.8 Å². The van der Waals surface area contributed by atoms with Crippen LogP contribution in [0.1, 0.15) is 0 Å². The van der Waals surface area contributed by atoms with E-state index >= 15 is 0 Å². The Morgan fingerprint density at radius 2 is 1.62 bits per heavy atom. The Balaban J connectivity index is 1.61. The molecular weight excluding hydrogens is 432 g/mol. The third kappa shape index (κ3) is 4.14. The quantitative estimate of drug-likeness (QED) is 0.636. The van der Waals surface area contributed by atoms with Crippen LogP contribution in [0.5, 0.6) is 0 Å². The summed E-state index contributed by atoms with van der Waals surface area (Å²) >= 11 is 1.10. The molecule has 154 valence electrons. The standard InChI is InChI=1S/C18H20N4O4S3/c1-21-9-11-22(12-10-21)29(25,26)15-7-8-16-17(13-15)27-18(19-16)20-28(23,24)14-5-3-2-4-6-14/h2-8,13H,9-12H2,1H3,(H,19,20). The van der Waals surface area contributed by atoms with E-state index in [2.05, 4.69) is 14.6 Å². The number of hydrogen-bond acceptors (Lipinski definition) is 7.